The van der Waals surface area contributed by atoms with Crippen LogP contribution in [0.3, 0.4) is 0 Å². The van der Waals surface area contributed by atoms with Crippen molar-refractivity contribution in [1.82, 2.24) is 5.32 Å². The van der Waals surface area contributed by atoms with Crippen molar-refractivity contribution >= 4 is 0 Å². The lowest BCUT2D eigenvalue weighted by Crippen LogP contribution is -2.43. The van der Waals surface area contributed by atoms with Gasteiger partial charge >= 0.3 is 0 Å². The van der Waals surface area contributed by atoms with Crippen LogP contribution in [0.4, 0.5) is 8.78 Å². The predicted octanol–water partition coefficient (Wildman–Crippen LogP) is 1.92. The van der Waals surface area contributed by atoms with Crippen LogP contribution in [0.2, 0.25) is 0 Å². The molecule has 1 aromatic rings. The first-order valence-corrected chi connectivity index (χ1v) is 5.43. The molecule has 0 saturated carbocycles. The quantitative estimate of drug-likeness (QED) is 0.809. The average molecular weight is 227 g/mol. The molecule has 88 valence electrons. The minimum atomic E-state index is -1.30. The van der Waals surface area contributed by atoms with Crippen LogP contribution in [0.5, 0.6) is 0 Å². The van der Waals surface area contributed by atoms with Crippen LogP contribution < -0.4 is 5.32 Å². The molecule has 2 unspecified atom stereocenters. The standard InChI is InChI=1S/C12H15F2NO/c1-12(16,11-3-2-6-15-11)9-5-4-8(13)7-10(9)14/h4-5,7,11,15-16H,2-3,6H2,1H3. The first-order chi connectivity index (χ1) is 7.51. The third kappa shape index (κ3) is 1.95. The molecule has 0 aliphatic carbocycles. The highest BCUT2D eigenvalue weighted by Crippen LogP contribution is 2.31. The van der Waals surface area contributed by atoms with Gasteiger partial charge in [0, 0.05) is 17.7 Å². The lowest BCUT2D eigenvalue weighted by Gasteiger charge is -2.31. The van der Waals surface area contributed by atoms with E-state index in [1.165, 1.54) is 12.1 Å². The Hall–Kier alpha value is -1.00. The summed E-state index contributed by atoms with van der Waals surface area (Å²) in [6, 6.07) is 3.11. The zero-order valence-electron chi connectivity index (χ0n) is 9.13. The summed E-state index contributed by atoms with van der Waals surface area (Å²) in [4.78, 5) is 0. The van der Waals surface area contributed by atoms with Crippen LogP contribution in [0.1, 0.15) is 25.3 Å². The Morgan fingerprint density at radius 3 is 2.75 bits per heavy atom. The van der Waals surface area contributed by atoms with Crippen molar-refractivity contribution < 1.29 is 13.9 Å². The second-order valence-electron chi connectivity index (χ2n) is 4.42. The molecule has 4 heteroatoms. The van der Waals surface area contributed by atoms with E-state index in [2.05, 4.69) is 5.32 Å². The maximum atomic E-state index is 13.6. The van der Waals surface area contributed by atoms with Gasteiger partial charge in [-0.1, -0.05) is 6.07 Å². The van der Waals surface area contributed by atoms with E-state index in [0.29, 0.717) is 0 Å². The van der Waals surface area contributed by atoms with E-state index in [9.17, 15) is 13.9 Å². The Morgan fingerprint density at radius 2 is 2.19 bits per heavy atom. The smallest absolute Gasteiger partial charge is 0.132 e. The number of hydrogen-bond acceptors (Lipinski definition) is 2. The van der Waals surface area contributed by atoms with E-state index in [0.717, 1.165) is 25.5 Å². The van der Waals surface area contributed by atoms with Gasteiger partial charge in [0.05, 0.1) is 0 Å². The molecule has 0 spiro atoms. The molecule has 0 bridgehead atoms. The molecule has 1 aliphatic rings. The van der Waals surface area contributed by atoms with Crippen LogP contribution in [0.25, 0.3) is 0 Å². The number of rotatable bonds is 2. The van der Waals surface area contributed by atoms with Gasteiger partial charge < -0.3 is 10.4 Å². The Labute approximate surface area is 93.3 Å². The Kier molecular flexibility index (Phi) is 2.95. The predicted molar refractivity (Wildman–Crippen MR) is 57.0 cm³/mol. The highest BCUT2D eigenvalue weighted by atomic mass is 19.1. The molecular weight excluding hydrogens is 212 g/mol. The summed E-state index contributed by atoms with van der Waals surface area (Å²) in [5.41, 5.74) is -1.15. The molecule has 0 amide bonds. The van der Waals surface area contributed by atoms with Gasteiger partial charge in [0.25, 0.3) is 0 Å². The molecule has 1 saturated heterocycles. The van der Waals surface area contributed by atoms with Crippen molar-refractivity contribution in [2.75, 3.05) is 6.54 Å². The Morgan fingerprint density at radius 1 is 1.44 bits per heavy atom. The van der Waals surface area contributed by atoms with Crippen LogP contribution in [-0.4, -0.2) is 17.7 Å². The molecule has 1 aromatic carbocycles. The molecule has 2 rings (SSSR count). The second kappa shape index (κ2) is 4.11. The van der Waals surface area contributed by atoms with Crippen molar-refractivity contribution in [3.8, 4) is 0 Å². The fourth-order valence-electron chi connectivity index (χ4n) is 2.25. The van der Waals surface area contributed by atoms with Crippen LogP contribution >= 0.6 is 0 Å². The van der Waals surface area contributed by atoms with E-state index >= 15 is 0 Å². The van der Waals surface area contributed by atoms with E-state index < -0.39 is 17.2 Å². The summed E-state index contributed by atoms with van der Waals surface area (Å²) in [6.45, 7) is 2.38. The third-order valence-electron chi connectivity index (χ3n) is 3.22. The fourth-order valence-corrected chi connectivity index (χ4v) is 2.25. The van der Waals surface area contributed by atoms with Crippen molar-refractivity contribution in [3.05, 3.63) is 35.4 Å². The van der Waals surface area contributed by atoms with Gasteiger partial charge in [-0.15, -0.1) is 0 Å². The molecule has 0 radical (unpaired) electrons. The Bertz CT molecular complexity index is 387. The van der Waals surface area contributed by atoms with Crippen molar-refractivity contribution in [3.63, 3.8) is 0 Å². The zero-order chi connectivity index (χ0) is 11.8. The summed E-state index contributed by atoms with van der Waals surface area (Å²) in [6.07, 6.45) is 1.76. The van der Waals surface area contributed by atoms with Gasteiger partial charge in [-0.3, -0.25) is 0 Å². The minimum absolute atomic E-state index is 0.147. The maximum Gasteiger partial charge on any atom is 0.132 e. The molecular formula is C12H15F2NO. The monoisotopic (exact) mass is 227 g/mol. The largest absolute Gasteiger partial charge is 0.384 e. The fraction of sp³-hybridized carbons (Fsp3) is 0.500. The number of benzene rings is 1. The van der Waals surface area contributed by atoms with Gasteiger partial charge in [0.2, 0.25) is 0 Å². The normalized spacial score (nSPS) is 24.4. The van der Waals surface area contributed by atoms with Crippen molar-refractivity contribution in [2.45, 2.75) is 31.4 Å². The average Bonchev–Trinajstić information content (AvgIpc) is 2.69. The summed E-state index contributed by atoms with van der Waals surface area (Å²) in [5.74, 6) is -1.32. The summed E-state index contributed by atoms with van der Waals surface area (Å²) < 4.78 is 26.3. The van der Waals surface area contributed by atoms with Gasteiger partial charge in [0.1, 0.15) is 17.2 Å². The number of hydrogen-bond donors (Lipinski definition) is 2. The molecule has 2 nitrogen and oxygen atoms in total. The number of halogens is 2. The lowest BCUT2D eigenvalue weighted by molar-refractivity contribution is 0.0184. The Balaban J connectivity index is 2.34. The zero-order valence-corrected chi connectivity index (χ0v) is 9.13. The van der Waals surface area contributed by atoms with Crippen LogP contribution in [-0.2, 0) is 5.60 Å². The molecule has 1 fully saturated rings. The molecule has 16 heavy (non-hydrogen) atoms. The first-order valence-electron chi connectivity index (χ1n) is 5.43. The van der Waals surface area contributed by atoms with Crippen molar-refractivity contribution in [2.24, 2.45) is 0 Å². The SMILES string of the molecule is CC(O)(c1ccc(F)cc1F)C1CCCN1. The summed E-state index contributed by atoms with van der Waals surface area (Å²) in [7, 11) is 0. The van der Waals surface area contributed by atoms with E-state index in [4.69, 9.17) is 0 Å². The van der Waals surface area contributed by atoms with E-state index in [1.54, 1.807) is 6.92 Å². The summed E-state index contributed by atoms with van der Waals surface area (Å²) >= 11 is 0. The lowest BCUT2D eigenvalue weighted by atomic mass is 9.87. The topological polar surface area (TPSA) is 32.3 Å². The van der Waals surface area contributed by atoms with Crippen LogP contribution in [0, 0.1) is 11.6 Å². The van der Waals surface area contributed by atoms with Gasteiger partial charge in [0.15, 0.2) is 0 Å². The van der Waals surface area contributed by atoms with E-state index in [-0.39, 0.29) is 11.6 Å². The van der Waals surface area contributed by atoms with Crippen molar-refractivity contribution in [1.29, 1.82) is 0 Å². The molecule has 2 N–H and O–H groups in total. The third-order valence-corrected chi connectivity index (χ3v) is 3.22. The second-order valence-corrected chi connectivity index (χ2v) is 4.42. The maximum absolute atomic E-state index is 13.6. The van der Waals surface area contributed by atoms with Crippen LogP contribution in [0.15, 0.2) is 18.2 Å². The molecule has 2 atom stereocenters. The molecule has 0 aromatic heterocycles. The van der Waals surface area contributed by atoms with E-state index in [1.807, 2.05) is 0 Å². The minimum Gasteiger partial charge on any atom is -0.384 e. The molecule has 1 aliphatic heterocycles. The van der Waals surface area contributed by atoms with Gasteiger partial charge in [-0.2, -0.15) is 0 Å². The molecule has 1 heterocycles. The number of nitrogens with one attached hydrogen (secondary N) is 1. The number of aliphatic hydroxyl groups is 1. The highest BCUT2D eigenvalue weighted by Gasteiger charge is 2.37. The highest BCUT2D eigenvalue weighted by molar-refractivity contribution is 5.26. The first kappa shape index (κ1) is 11.5. The van der Waals surface area contributed by atoms with Gasteiger partial charge in [-0.05, 0) is 32.4 Å². The van der Waals surface area contributed by atoms with Gasteiger partial charge in [-0.25, -0.2) is 8.78 Å². The summed E-state index contributed by atoms with van der Waals surface area (Å²) in [5, 5.41) is 13.5.